The second-order valence-electron chi connectivity index (χ2n) is 5.35. The normalized spacial score (nSPS) is 18.6. The molecule has 0 saturated carbocycles. The summed E-state index contributed by atoms with van der Waals surface area (Å²) in [7, 11) is 0. The fourth-order valence-corrected chi connectivity index (χ4v) is 2.75. The smallest absolute Gasteiger partial charge is 0.242 e. The van der Waals surface area contributed by atoms with Crippen molar-refractivity contribution in [1.82, 2.24) is 15.6 Å². The average molecular weight is 281 g/mol. The molecule has 21 heavy (non-hydrogen) atoms. The van der Waals surface area contributed by atoms with Crippen LogP contribution < -0.4 is 10.6 Å². The molecule has 0 aliphatic carbocycles. The van der Waals surface area contributed by atoms with E-state index in [-0.39, 0.29) is 18.0 Å². The summed E-state index contributed by atoms with van der Waals surface area (Å²) in [6, 6.07) is 11.7. The lowest BCUT2D eigenvalue weighted by Crippen LogP contribution is -2.42. The molecule has 0 bridgehead atoms. The summed E-state index contributed by atoms with van der Waals surface area (Å²) < 4.78 is 0. The molecule has 0 radical (unpaired) electrons. The van der Waals surface area contributed by atoms with Crippen LogP contribution in [-0.4, -0.2) is 17.4 Å². The molecule has 3 rings (SSSR count). The second kappa shape index (κ2) is 6.06. The number of aromatic nitrogens is 1. The predicted octanol–water partition coefficient (Wildman–Crippen LogP) is 2.15. The van der Waals surface area contributed by atoms with Crippen LogP contribution in [0, 0.1) is 0 Å². The number of rotatable bonds is 3. The van der Waals surface area contributed by atoms with Crippen LogP contribution in [0.25, 0.3) is 0 Å². The number of carbonyl (C=O) groups excluding carboxylic acids is 1. The van der Waals surface area contributed by atoms with Gasteiger partial charge >= 0.3 is 0 Å². The fourth-order valence-electron chi connectivity index (χ4n) is 2.75. The van der Waals surface area contributed by atoms with Gasteiger partial charge in [-0.1, -0.05) is 30.3 Å². The van der Waals surface area contributed by atoms with Crippen LogP contribution in [0.1, 0.15) is 35.7 Å². The van der Waals surface area contributed by atoms with Crippen molar-refractivity contribution in [3.63, 3.8) is 0 Å². The zero-order chi connectivity index (χ0) is 14.7. The van der Waals surface area contributed by atoms with Crippen molar-refractivity contribution in [2.45, 2.75) is 25.4 Å². The maximum atomic E-state index is 12.6. The third kappa shape index (κ3) is 2.95. The number of nitrogens with zero attached hydrogens (tertiary/aromatic N) is 1. The number of nitrogens with one attached hydrogen (secondary N) is 2. The van der Waals surface area contributed by atoms with Gasteiger partial charge in [-0.2, -0.15) is 0 Å². The molecule has 2 aromatic rings. The Balaban J connectivity index is 1.75. The highest BCUT2D eigenvalue weighted by atomic mass is 16.2. The van der Waals surface area contributed by atoms with Crippen molar-refractivity contribution < 1.29 is 4.79 Å². The summed E-state index contributed by atoms with van der Waals surface area (Å²) in [5.41, 5.74) is 3.35. The molecule has 1 aromatic heterocycles. The molecule has 2 atom stereocenters. The maximum Gasteiger partial charge on any atom is 0.242 e. The van der Waals surface area contributed by atoms with Crippen molar-refractivity contribution in [2.24, 2.45) is 0 Å². The van der Waals surface area contributed by atoms with Crippen LogP contribution in [0.3, 0.4) is 0 Å². The fraction of sp³-hybridized carbons (Fsp3) is 0.294. The quantitative estimate of drug-likeness (QED) is 0.906. The molecule has 1 unspecified atom stereocenters. The first-order valence-corrected chi connectivity index (χ1v) is 7.27. The van der Waals surface area contributed by atoms with Crippen LogP contribution in [-0.2, 0) is 11.2 Å². The van der Waals surface area contributed by atoms with Crippen molar-refractivity contribution >= 4 is 5.91 Å². The van der Waals surface area contributed by atoms with Gasteiger partial charge in [0.15, 0.2) is 0 Å². The number of pyridine rings is 1. The minimum atomic E-state index is -0.269. The van der Waals surface area contributed by atoms with Gasteiger partial charge in [0.1, 0.15) is 6.04 Å². The summed E-state index contributed by atoms with van der Waals surface area (Å²) in [5, 5.41) is 6.37. The summed E-state index contributed by atoms with van der Waals surface area (Å²) in [5.74, 6) is 0.0125. The van der Waals surface area contributed by atoms with E-state index in [9.17, 15) is 4.79 Å². The monoisotopic (exact) mass is 281 g/mol. The van der Waals surface area contributed by atoms with E-state index < -0.39 is 0 Å². The van der Waals surface area contributed by atoms with Gasteiger partial charge in [-0.25, -0.2) is 0 Å². The van der Waals surface area contributed by atoms with E-state index in [4.69, 9.17) is 0 Å². The number of hydrogen-bond acceptors (Lipinski definition) is 3. The standard InChI is InChI=1S/C17H19N3O/c1-12(14-6-4-9-18-11-14)20-17(21)16-15-7-3-2-5-13(15)8-10-19-16/h2-7,9,11-12,16,19H,8,10H2,1H3,(H,20,21)/t12-,16?/m0/s1. The molecule has 108 valence electrons. The summed E-state index contributed by atoms with van der Waals surface area (Å²) in [6.45, 7) is 2.81. The van der Waals surface area contributed by atoms with E-state index in [1.54, 1.807) is 12.4 Å². The van der Waals surface area contributed by atoms with Crippen molar-refractivity contribution in [2.75, 3.05) is 6.54 Å². The highest BCUT2D eigenvalue weighted by Gasteiger charge is 2.26. The summed E-state index contributed by atoms with van der Waals surface area (Å²) in [4.78, 5) is 16.6. The van der Waals surface area contributed by atoms with Gasteiger partial charge in [0, 0.05) is 18.9 Å². The Morgan fingerprint density at radius 3 is 3.00 bits per heavy atom. The lowest BCUT2D eigenvalue weighted by Gasteiger charge is -2.27. The highest BCUT2D eigenvalue weighted by molar-refractivity contribution is 5.84. The van der Waals surface area contributed by atoms with Crippen molar-refractivity contribution in [3.8, 4) is 0 Å². The van der Waals surface area contributed by atoms with E-state index in [2.05, 4.69) is 21.7 Å². The largest absolute Gasteiger partial charge is 0.348 e. The molecular formula is C17H19N3O. The number of amides is 1. The van der Waals surface area contributed by atoms with Crippen molar-refractivity contribution in [3.05, 3.63) is 65.5 Å². The molecule has 0 spiro atoms. The van der Waals surface area contributed by atoms with Crippen LogP contribution in [0.5, 0.6) is 0 Å². The molecule has 1 aliphatic rings. The third-order valence-corrected chi connectivity index (χ3v) is 3.91. The molecular weight excluding hydrogens is 262 g/mol. The van der Waals surface area contributed by atoms with Gasteiger partial charge in [0.2, 0.25) is 5.91 Å². The number of fused-ring (bicyclic) bond motifs is 1. The first kappa shape index (κ1) is 13.8. The van der Waals surface area contributed by atoms with Gasteiger partial charge in [0.05, 0.1) is 6.04 Å². The van der Waals surface area contributed by atoms with E-state index in [0.29, 0.717) is 0 Å². The van der Waals surface area contributed by atoms with Crippen LogP contribution in [0.2, 0.25) is 0 Å². The Hall–Kier alpha value is -2.20. The lowest BCUT2D eigenvalue weighted by molar-refractivity contribution is -0.124. The van der Waals surface area contributed by atoms with E-state index in [1.807, 2.05) is 37.3 Å². The van der Waals surface area contributed by atoms with Gasteiger partial charge in [0.25, 0.3) is 0 Å². The average Bonchev–Trinajstić information content (AvgIpc) is 2.55. The SMILES string of the molecule is C[C@H](NC(=O)C1NCCc2ccccc21)c1cccnc1. The number of carbonyl (C=O) groups is 1. The van der Waals surface area contributed by atoms with Crippen molar-refractivity contribution in [1.29, 1.82) is 0 Å². The highest BCUT2D eigenvalue weighted by Crippen LogP contribution is 2.23. The summed E-state index contributed by atoms with van der Waals surface area (Å²) in [6.07, 6.45) is 4.49. The van der Waals surface area contributed by atoms with Gasteiger partial charge in [-0.3, -0.25) is 9.78 Å². The van der Waals surface area contributed by atoms with Crippen LogP contribution in [0.4, 0.5) is 0 Å². The Bertz CT molecular complexity index is 627. The molecule has 2 heterocycles. The number of benzene rings is 1. The second-order valence-corrected chi connectivity index (χ2v) is 5.35. The first-order valence-electron chi connectivity index (χ1n) is 7.27. The van der Waals surface area contributed by atoms with Gasteiger partial charge in [-0.05, 0) is 36.1 Å². The van der Waals surface area contributed by atoms with Gasteiger partial charge in [-0.15, -0.1) is 0 Å². The van der Waals surface area contributed by atoms with E-state index in [1.165, 1.54) is 5.56 Å². The zero-order valence-electron chi connectivity index (χ0n) is 12.0. The van der Waals surface area contributed by atoms with Gasteiger partial charge < -0.3 is 10.6 Å². The Morgan fingerprint density at radius 2 is 2.19 bits per heavy atom. The topological polar surface area (TPSA) is 54.0 Å². The minimum Gasteiger partial charge on any atom is -0.348 e. The molecule has 1 aromatic carbocycles. The lowest BCUT2D eigenvalue weighted by atomic mass is 9.93. The molecule has 1 aliphatic heterocycles. The third-order valence-electron chi connectivity index (χ3n) is 3.91. The molecule has 0 fully saturated rings. The molecule has 4 nitrogen and oxygen atoms in total. The first-order chi connectivity index (χ1) is 10.3. The Labute approximate surface area is 124 Å². The van der Waals surface area contributed by atoms with E-state index in [0.717, 1.165) is 24.1 Å². The molecule has 1 amide bonds. The van der Waals surface area contributed by atoms with Crippen LogP contribution >= 0.6 is 0 Å². The molecule has 4 heteroatoms. The maximum absolute atomic E-state index is 12.6. The molecule has 0 saturated heterocycles. The van der Waals surface area contributed by atoms with Crippen LogP contribution in [0.15, 0.2) is 48.8 Å². The Kier molecular flexibility index (Phi) is 3.97. The minimum absolute atomic E-state index is 0.0125. The zero-order valence-corrected chi connectivity index (χ0v) is 12.0. The summed E-state index contributed by atoms with van der Waals surface area (Å²) >= 11 is 0. The predicted molar refractivity (Wildman–Crippen MR) is 81.7 cm³/mol. The number of hydrogen-bond donors (Lipinski definition) is 2. The molecule has 2 N–H and O–H groups in total. The van der Waals surface area contributed by atoms with E-state index >= 15 is 0 Å². The Morgan fingerprint density at radius 1 is 1.33 bits per heavy atom.